The molecule has 3 heteroatoms. The van der Waals surface area contributed by atoms with E-state index in [-0.39, 0.29) is 0 Å². The quantitative estimate of drug-likeness (QED) is 0.613. The number of benzene rings is 1. The Morgan fingerprint density at radius 3 is 2.44 bits per heavy atom. The van der Waals surface area contributed by atoms with Crippen LogP contribution in [-0.4, -0.2) is 0 Å². The number of para-hydroxylation sites is 1. The van der Waals surface area contributed by atoms with E-state index in [4.69, 9.17) is 5.73 Å². The van der Waals surface area contributed by atoms with Gasteiger partial charge in [-0.25, -0.2) is 0 Å². The van der Waals surface area contributed by atoms with Crippen LogP contribution in [0.15, 0.2) is 29.2 Å². The number of rotatable bonds is 1. The second-order valence-electron chi connectivity index (χ2n) is 1.61. The molecule has 0 aliphatic rings. The monoisotopic (exact) mass is 251 g/mol. The molecule has 0 amide bonds. The van der Waals surface area contributed by atoms with Gasteiger partial charge in [-0.15, -0.1) is 0 Å². The van der Waals surface area contributed by atoms with Gasteiger partial charge in [0.15, 0.2) is 0 Å². The average molecular weight is 251 g/mol. The Kier molecular flexibility index (Phi) is 2.65. The summed E-state index contributed by atoms with van der Waals surface area (Å²) < 4.78 is 0. The van der Waals surface area contributed by atoms with E-state index in [1.54, 1.807) is 8.93 Å². The summed E-state index contributed by atoms with van der Waals surface area (Å²) in [5.74, 6) is 0. The molecule has 1 rings (SSSR count). The summed E-state index contributed by atoms with van der Waals surface area (Å²) in [6.45, 7) is 0. The van der Waals surface area contributed by atoms with Crippen molar-refractivity contribution in [3.63, 3.8) is 0 Å². The van der Waals surface area contributed by atoms with Crippen LogP contribution in [0, 0.1) is 0 Å². The lowest BCUT2D eigenvalue weighted by Gasteiger charge is -1.96. The molecule has 0 fully saturated rings. The van der Waals surface area contributed by atoms with Crippen molar-refractivity contribution >= 4 is 35.8 Å². The molecule has 0 saturated heterocycles. The molecule has 0 unspecified atom stereocenters. The number of anilines is 1. The minimum atomic E-state index is 0.858. The van der Waals surface area contributed by atoms with Gasteiger partial charge < -0.3 is 5.73 Å². The Morgan fingerprint density at radius 1 is 1.33 bits per heavy atom. The summed E-state index contributed by atoms with van der Waals surface area (Å²) >= 11 is 2.22. The maximum absolute atomic E-state index is 5.61. The zero-order valence-electron chi connectivity index (χ0n) is 4.67. The first-order valence-corrected chi connectivity index (χ1v) is 5.83. The average Bonchev–Trinajstić information content (AvgIpc) is 1.89. The number of nitrogen functional groups attached to an aromatic ring is 1. The van der Waals surface area contributed by atoms with Crippen LogP contribution < -0.4 is 5.73 Å². The number of hydrogen-bond acceptors (Lipinski definition) is 2. The van der Waals surface area contributed by atoms with E-state index >= 15 is 0 Å². The summed E-state index contributed by atoms with van der Waals surface area (Å²) in [6, 6.07) is 7.83. The van der Waals surface area contributed by atoms with E-state index in [1.807, 2.05) is 24.3 Å². The maximum atomic E-state index is 5.61. The molecule has 1 aromatic carbocycles. The molecule has 0 bridgehead atoms. The predicted octanol–water partition coefficient (Wildman–Crippen LogP) is 2.71. The van der Waals surface area contributed by atoms with Crippen LogP contribution in [0.3, 0.4) is 0 Å². The SMILES string of the molecule is Nc1ccccc1SI. The molecule has 1 nitrogen and oxygen atoms in total. The van der Waals surface area contributed by atoms with Gasteiger partial charge in [0.25, 0.3) is 0 Å². The molecular weight excluding hydrogens is 245 g/mol. The van der Waals surface area contributed by atoms with Crippen molar-refractivity contribution in [3.05, 3.63) is 24.3 Å². The van der Waals surface area contributed by atoms with Gasteiger partial charge in [-0.05, 0) is 12.1 Å². The molecule has 0 aliphatic heterocycles. The topological polar surface area (TPSA) is 26.0 Å². The highest BCUT2D eigenvalue weighted by molar-refractivity contribution is 14.2. The summed E-state index contributed by atoms with van der Waals surface area (Å²) in [6.07, 6.45) is 0. The highest BCUT2D eigenvalue weighted by Gasteiger charge is 1.92. The molecule has 9 heavy (non-hydrogen) atoms. The van der Waals surface area contributed by atoms with Gasteiger partial charge in [-0.2, -0.15) is 0 Å². The number of nitrogens with two attached hydrogens (primary N) is 1. The van der Waals surface area contributed by atoms with Crippen LogP contribution in [0.4, 0.5) is 5.69 Å². The molecular formula is C6H6INS. The van der Waals surface area contributed by atoms with E-state index in [1.165, 1.54) is 0 Å². The second-order valence-corrected chi connectivity index (χ2v) is 3.53. The van der Waals surface area contributed by atoms with Crippen LogP contribution in [0.5, 0.6) is 0 Å². The maximum Gasteiger partial charge on any atom is 0.0460 e. The van der Waals surface area contributed by atoms with Crippen LogP contribution in [0.25, 0.3) is 0 Å². The minimum Gasteiger partial charge on any atom is -0.398 e. The molecule has 0 atom stereocenters. The van der Waals surface area contributed by atoms with Crippen molar-refractivity contribution in [2.75, 3.05) is 5.73 Å². The lowest BCUT2D eigenvalue weighted by atomic mass is 10.3. The fourth-order valence-corrected chi connectivity index (χ4v) is 2.04. The zero-order valence-corrected chi connectivity index (χ0v) is 7.65. The highest BCUT2D eigenvalue weighted by Crippen LogP contribution is 2.29. The Labute approximate surface area is 70.6 Å². The number of hydrogen-bond donors (Lipinski definition) is 1. The van der Waals surface area contributed by atoms with Crippen molar-refractivity contribution in [1.29, 1.82) is 0 Å². The molecule has 0 saturated carbocycles. The van der Waals surface area contributed by atoms with Crippen molar-refractivity contribution in [3.8, 4) is 0 Å². The van der Waals surface area contributed by atoms with Gasteiger partial charge in [-0.3, -0.25) is 0 Å². The van der Waals surface area contributed by atoms with Crippen molar-refractivity contribution in [1.82, 2.24) is 0 Å². The molecule has 0 aliphatic carbocycles. The molecule has 1 aromatic rings. The Hall–Kier alpha value is 0.1000. The molecule has 48 valence electrons. The van der Waals surface area contributed by atoms with E-state index < -0.39 is 0 Å². The van der Waals surface area contributed by atoms with E-state index in [9.17, 15) is 0 Å². The van der Waals surface area contributed by atoms with Gasteiger partial charge >= 0.3 is 0 Å². The summed E-state index contributed by atoms with van der Waals surface area (Å²) in [4.78, 5) is 1.14. The molecule has 0 spiro atoms. The van der Waals surface area contributed by atoms with Gasteiger partial charge in [0, 0.05) is 31.8 Å². The van der Waals surface area contributed by atoms with E-state index in [2.05, 4.69) is 21.2 Å². The van der Waals surface area contributed by atoms with Crippen molar-refractivity contribution in [2.24, 2.45) is 0 Å². The first kappa shape index (κ1) is 7.21. The lowest BCUT2D eigenvalue weighted by molar-refractivity contribution is 1.48. The van der Waals surface area contributed by atoms with E-state index in [0.717, 1.165) is 10.6 Å². The van der Waals surface area contributed by atoms with E-state index in [0.29, 0.717) is 0 Å². The fraction of sp³-hybridized carbons (Fsp3) is 0. The molecule has 0 aromatic heterocycles. The summed E-state index contributed by atoms with van der Waals surface area (Å²) in [5, 5.41) is 0. The molecule has 0 radical (unpaired) electrons. The van der Waals surface area contributed by atoms with Gasteiger partial charge in [0.05, 0.1) is 0 Å². The normalized spacial score (nSPS) is 9.44. The Morgan fingerprint density at radius 2 is 2.00 bits per heavy atom. The van der Waals surface area contributed by atoms with Crippen molar-refractivity contribution < 1.29 is 0 Å². The third kappa shape index (κ3) is 1.76. The molecule has 2 N–H and O–H groups in total. The van der Waals surface area contributed by atoms with Gasteiger partial charge in [0.1, 0.15) is 0 Å². The lowest BCUT2D eigenvalue weighted by Crippen LogP contribution is -1.84. The first-order valence-electron chi connectivity index (χ1n) is 2.47. The smallest absolute Gasteiger partial charge is 0.0460 e. The second kappa shape index (κ2) is 3.31. The van der Waals surface area contributed by atoms with Crippen LogP contribution in [0.2, 0.25) is 0 Å². The summed E-state index contributed by atoms with van der Waals surface area (Å²) in [5.41, 5.74) is 6.46. The van der Waals surface area contributed by atoms with Crippen LogP contribution in [0.1, 0.15) is 0 Å². The summed E-state index contributed by atoms with van der Waals surface area (Å²) in [7, 11) is 1.64. The van der Waals surface area contributed by atoms with Crippen LogP contribution in [-0.2, 0) is 0 Å². The largest absolute Gasteiger partial charge is 0.398 e. The molecule has 0 heterocycles. The highest BCUT2D eigenvalue weighted by atomic mass is 127. The van der Waals surface area contributed by atoms with Gasteiger partial charge in [0.2, 0.25) is 0 Å². The Balaban J connectivity index is 3.01. The Bertz CT molecular complexity index is 202. The van der Waals surface area contributed by atoms with Crippen molar-refractivity contribution in [2.45, 2.75) is 4.90 Å². The number of halogens is 1. The zero-order chi connectivity index (χ0) is 6.69. The third-order valence-corrected chi connectivity index (χ3v) is 2.96. The van der Waals surface area contributed by atoms with Gasteiger partial charge in [-0.1, -0.05) is 21.1 Å². The first-order chi connectivity index (χ1) is 4.34. The van der Waals surface area contributed by atoms with Crippen LogP contribution >= 0.6 is 30.1 Å². The minimum absolute atomic E-state index is 0.858. The predicted molar refractivity (Wildman–Crippen MR) is 50.7 cm³/mol. The third-order valence-electron chi connectivity index (χ3n) is 1.00. The standard InChI is InChI=1S/C6H6INS/c7-9-6-4-2-1-3-5(6)8/h1-4H,8H2. The fourth-order valence-electron chi connectivity index (χ4n) is 0.551.